The predicted octanol–water partition coefficient (Wildman–Crippen LogP) is 3.44. The molecule has 29 heavy (non-hydrogen) atoms. The molecule has 4 N–H and O–H groups in total. The van der Waals surface area contributed by atoms with E-state index in [1.807, 2.05) is 50.2 Å². The molecular weight excluding hydrogens is 410 g/mol. The third-order valence-electron chi connectivity index (χ3n) is 4.06. The molecule has 0 spiro atoms. The minimum atomic E-state index is -0.160. The number of rotatable bonds is 7. The number of hydrogen-bond donors (Lipinski definition) is 3. The van der Waals surface area contributed by atoms with Crippen LogP contribution in [0.1, 0.15) is 16.7 Å². The van der Waals surface area contributed by atoms with Crippen molar-refractivity contribution in [1.82, 2.24) is 14.9 Å². The normalized spacial score (nSPS) is 11.0. The van der Waals surface area contributed by atoms with Gasteiger partial charge in [-0.2, -0.15) is 5.10 Å². The number of halogens is 1. The summed E-state index contributed by atoms with van der Waals surface area (Å²) in [6, 6.07) is 13.1. The molecule has 0 aliphatic carbocycles. The first kappa shape index (κ1) is 20.7. The minimum Gasteiger partial charge on any atom is -0.334 e. The molecule has 3 rings (SSSR count). The lowest BCUT2D eigenvalue weighted by Gasteiger charge is -2.07. The van der Waals surface area contributed by atoms with Crippen molar-refractivity contribution < 1.29 is 4.79 Å². The molecule has 0 aliphatic rings. The first-order chi connectivity index (χ1) is 13.9. The van der Waals surface area contributed by atoms with Gasteiger partial charge in [-0.3, -0.25) is 4.79 Å². The second kappa shape index (κ2) is 9.44. The zero-order valence-electron chi connectivity index (χ0n) is 15.9. The summed E-state index contributed by atoms with van der Waals surface area (Å²) in [5, 5.41) is 15.8. The van der Waals surface area contributed by atoms with Crippen LogP contribution in [0, 0.1) is 13.8 Å². The maximum Gasteiger partial charge on any atom is 0.264 e. The van der Waals surface area contributed by atoms with Crippen LogP contribution in [-0.4, -0.2) is 32.7 Å². The quantitative estimate of drug-likeness (QED) is 0.229. The summed E-state index contributed by atoms with van der Waals surface area (Å²) < 4.78 is 1.23. The molecule has 3 aromatic rings. The number of nitrogens with one attached hydrogen (secondary N) is 2. The highest BCUT2D eigenvalue weighted by molar-refractivity contribution is 7.99. The Kier molecular flexibility index (Phi) is 6.73. The van der Waals surface area contributed by atoms with Crippen LogP contribution in [0.2, 0.25) is 5.02 Å². The fourth-order valence-electron chi connectivity index (χ4n) is 2.34. The van der Waals surface area contributed by atoms with Crippen LogP contribution in [-0.2, 0) is 4.79 Å². The smallest absolute Gasteiger partial charge is 0.264 e. The lowest BCUT2D eigenvalue weighted by Crippen LogP contribution is -2.17. The largest absolute Gasteiger partial charge is 0.334 e. The number of thioether (sulfide) groups is 1. The number of hydrazone groups is 1. The summed E-state index contributed by atoms with van der Waals surface area (Å²) in [7, 11) is 0. The molecule has 150 valence electrons. The number of anilines is 2. The molecular formula is C19H20ClN7OS. The van der Waals surface area contributed by atoms with Crippen LogP contribution in [0.15, 0.2) is 52.7 Å². The Morgan fingerprint density at radius 1 is 1.24 bits per heavy atom. The Hall–Kier alpha value is -3.04. The van der Waals surface area contributed by atoms with E-state index >= 15 is 0 Å². The minimum absolute atomic E-state index is 0.144. The van der Waals surface area contributed by atoms with Crippen LogP contribution < -0.4 is 16.6 Å². The van der Waals surface area contributed by atoms with Gasteiger partial charge in [0.25, 0.3) is 5.95 Å². The van der Waals surface area contributed by atoms with Crippen LogP contribution in [0.3, 0.4) is 0 Å². The van der Waals surface area contributed by atoms with Crippen molar-refractivity contribution in [2.75, 3.05) is 22.3 Å². The summed E-state index contributed by atoms with van der Waals surface area (Å²) in [5.74, 6) is 6.19. The van der Waals surface area contributed by atoms with Gasteiger partial charge in [0.1, 0.15) is 0 Å². The SMILES string of the molecule is Cc1ccc(NC(=O)CSc2nnc(N/N=C/c3ccccc3Cl)n2N)cc1C. The number of amides is 1. The van der Waals surface area contributed by atoms with Crippen LogP contribution >= 0.6 is 23.4 Å². The van der Waals surface area contributed by atoms with Crippen LogP contribution in [0.25, 0.3) is 0 Å². The molecule has 1 aromatic heterocycles. The summed E-state index contributed by atoms with van der Waals surface area (Å²) >= 11 is 7.24. The van der Waals surface area contributed by atoms with Gasteiger partial charge in [0.2, 0.25) is 11.1 Å². The molecule has 8 nitrogen and oxygen atoms in total. The summed E-state index contributed by atoms with van der Waals surface area (Å²) in [6.45, 7) is 4.02. The van der Waals surface area contributed by atoms with Crippen LogP contribution in [0.4, 0.5) is 11.6 Å². The molecule has 0 saturated heterocycles. The number of nitrogen functional groups attached to an aromatic ring is 1. The highest BCUT2D eigenvalue weighted by Gasteiger charge is 2.12. The zero-order valence-corrected chi connectivity index (χ0v) is 17.5. The van der Waals surface area contributed by atoms with E-state index in [0.29, 0.717) is 10.2 Å². The molecule has 0 fully saturated rings. The van der Waals surface area contributed by atoms with Crippen LogP contribution in [0.5, 0.6) is 0 Å². The first-order valence-electron chi connectivity index (χ1n) is 8.68. The highest BCUT2D eigenvalue weighted by Crippen LogP contribution is 2.19. The van der Waals surface area contributed by atoms with Gasteiger partial charge < -0.3 is 11.2 Å². The van der Waals surface area contributed by atoms with Gasteiger partial charge >= 0.3 is 0 Å². The molecule has 0 aliphatic heterocycles. The van der Waals surface area contributed by atoms with E-state index in [-0.39, 0.29) is 17.6 Å². The van der Waals surface area contributed by atoms with E-state index in [1.54, 1.807) is 12.3 Å². The molecule has 0 saturated carbocycles. The number of aryl methyl sites for hydroxylation is 2. The number of carbonyl (C=O) groups is 1. The number of aromatic nitrogens is 3. The maximum absolute atomic E-state index is 12.2. The Morgan fingerprint density at radius 2 is 2.03 bits per heavy atom. The Bertz CT molecular complexity index is 1050. The van der Waals surface area contributed by atoms with E-state index in [9.17, 15) is 4.79 Å². The van der Waals surface area contributed by atoms with E-state index in [2.05, 4.69) is 26.0 Å². The van der Waals surface area contributed by atoms with Crippen molar-refractivity contribution in [3.63, 3.8) is 0 Å². The maximum atomic E-state index is 12.2. The van der Waals surface area contributed by atoms with Crippen molar-refractivity contribution in [2.45, 2.75) is 19.0 Å². The van der Waals surface area contributed by atoms with E-state index in [1.165, 1.54) is 22.0 Å². The Morgan fingerprint density at radius 3 is 2.79 bits per heavy atom. The van der Waals surface area contributed by atoms with E-state index in [4.69, 9.17) is 17.4 Å². The molecule has 0 unspecified atom stereocenters. The molecule has 0 atom stereocenters. The van der Waals surface area contributed by atoms with Gasteiger partial charge in [0.15, 0.2) is 0 Å². The highest BCUT2D eigenvalue weighted by atomic mass is 35.5. The second-order valence-corrected chi connectivity index (χ2v) is 7.55. The average Bonchev–Trinajstić information content (AvgIpc) is 3.04. The number of carbonyl (C=O) groups excluding carboxylic acids is 1. The first-order valence-corrected chi connectivity index (χ1v) is 10.0. The number of hydrogen-bond acceptors (Lipinski definition) is 7. The average molecular weight is 430 g/mol. The lowest BCUT2D eigenvalue weighted by molar-refractivity contribution is -0.113. The van der Waals surface area contributed by atoms with Crippen molar-refractivity contribution in [3.8, 4) is 0 Å². The number of benzene rings is 2. The van der Waals surface area contributed by atoms with Crippen molar-refractivity contribution >= 4 is 47.1 Å². The standard InChI is InChI=1S/C19H20ClN7OS/c1-12-7-8-15(9-13(12)2)23-17(28)11-29-19-26-25-18(27(19)21)24-22-10-14-5-3-4-6-16(14)20/h3-10H,11,21H2,1-2H3,(H,23,28)(H,24,25)/b22-10+. The topological polar surface area (TPSA) is 110 Å². The lowest BCUT2D eigenvalue weighted by atomic mass is 10.1. The fourth-order valence-corrected chi connectivity index (χ4v) is 3.18. The van der Waals surface area contributed by atoms with Gasteiger partial charge in [-0.15, -0.1) is 10.2 Å². The van der Waals surface area contributed by atoms with Gasteiger partial charge in [-0.1, -0.05) is 47.6 Å². The zero-order chi connectivity index (χ0) is 20.8. The van der Waals surface area contributed by atoms with Crippen molar-refractivity contribution in [1.29, 1.82) is 0 Å². The Labute approximate surface area is 177 Å². The summed E-state index contributed by atoms with van der Waals surface area (Å²) in [5.41, 5.74) is 6.50. The monoisotopic (exact) mass is 429 g/mol. The molecule has 2 aromatic carbocycles. The number of nitrogens with zero attached hydrogens (tertiary/aromatic N) is 4. The van der Waals surface area contributed by atoms with E-state index < -0.39 is 0 Å². The van der Waals surface area contributed by atoms with Crippen molar-refractivity contribution in [3.05, 3.63) is 64.2 Å². The predicted molar refractivity (Wildman–Crippen MR) is 118 cm³/mol. The summed E-state index contributed by atoms with van der Waals surface area (Å²) in [6.07, 6.45) is 1.56. The Balaban J connectivity index is 1.54. The molecule has 1 heterocycles. The van der Waals surface area contributed by atoms with Crippen molar-refractivity contribution in [2.24, 2.45) is 5.10 Å². The molecule has 10 heteroatoms. The van der Waals surface area contributed by atoms with Gasteiger partial charge in [0, 0.05) is 16.3 Å². The second-order valence-electron chi connectivity index (χ2n) is 6.20. The van der Waals surface area contributed by atoms with Gasteiger partial charge in [-0.05, 0) is 43.2 Å². The summed E-state index contributed by atoms with van der Waals surface area (Å²) in [4.78, 5) is 12.2. The molecule has 1 amide bonds. The third kappa shape index (κ3) is 5.49. The van der Waals surface area contributed by atoms with Gasteiger partial charge in [-0.25, -0.2) is 10.1 Å². The van der Waals surface area contributed by atoms with E-state index in [0.717, 1.165) is 16.8 Å². The molecule has 0 bridgehead atoms. The fraction of sp³-hybridized carbons (Fsp3) is 0.158. The molecule has 0 radical (unpaired) electrons. The third-order valence-corrected chi connectivity index (χ3v) is 5.35. The number of nitrogens with two attached hydrogens (primary N) is 1. The van der Waals surface area contributed by atoms with Gasteiger partial charge in [0.05, 0.1) is 12.0 Å².